The van der Waals surface area contributed by atoms with E-state index in [-0.39, 0.29) is 29.3 Å². The van der Waals surface area contributed by atoms with Crippen LogP contribution in [0.2, 0.25) is 0 Å². The molecule has 0 spiro atoms. The highest BCUT2D eigenvalue weighted by Gasteiger charge is 2.34. The Labute approximate surface area is 166 Å². The number of nitrogens with zero attached hydrogens (tertiary/aromatic N) is 1. The van der Waals surface area contributed by atoms with Crippen molar-refractivity contribution in [3.63, 3.8) is 0 Å². The molecule has 1 amide bonds. The van der Waals surface area contributed by atoms with Crippen molar-refractivity contribution in [1.82, 2.24) is 10.0 Å². The maximum Gasteiger partial charge on any atom is 0.278 e. The summed E-state index contributed by atoms with van der Waals surface area (Å²) in [6, 6.07) is 4.17. The molecule has 4 N–H and O–H groups in total. The number of terminal acetylenes is 1. The summed E-state index contributed by atoms with van der Waals surface area (Å²) in [5.74, 6) is 1.12. The summed E-state index contributed by atoms with van der Waals surface area (Å²) >= 11 is 0. The lowest BCUT2D eigenvalue weighted by atomic mass is 10.1. The van der Waals surface area contributed by atoms with E-state index >= 15 is 0 Å². The number of rotatable bonds is 7. The Balaban J connectivity index is 1.99. The molecule has 0 aliphatic heterocycles. The highest BCUT2D eigenvalue weighted by atomic mass is 19.1. The highest BCUT2D eigenvalue weighted by molar-refractivity contribution is 6.09. The molecule has 1 heterocycles. The SMILES string of the molecule is C#Cc1ccc(Nc2c(C(=O)NOC(CO)CO)c3c(n2C)C(=O)CC3)c(F)c1. The van der Waals surface area contributed by atoms with Crippen molar-refractivity contribution in [2.75, 3.05) is 18.5 Å². The maximum atomic E-state index is 14.4. The molecule has 1 aliphatic rings. The molecule has 8 nitrogen and oxygen atoms in total. The Morgan fingerprint density at radius 2 is 2.10 bits per heavy atom. The van der Waals surface area contributed by atoms with Gasteiger partial charge in [-0.15, -0.1) is 6.42 Å². The van der Waals surface area contributed by atoms with E-state index in [4.69, 9.17) is 21.5 Å². The fourth-order valence-electron chi connectivity index (χ4n) is 3.24. The Kier molecular flexibility index (Phi) is 5.98. The third-order valence-corrected chi connectivity index (χ3v) is 4.70. The number of fused-ring (bicyclic) bond motifs is 1. The smallest absolute Gasteiger partial charge is 0.278 e. The first-order valence-electron chi connectivity index (χ1n) is 8.86. The van der Waals surface area contributed by atoms with Crippen LogP contribution in [0.4, 0.5) is 15.9 Å². The van der Waals surface area contributed by atoms with Crippen LogP contribution < -0.4 is 10.8 Å². The third kappa shape index (κ3) is 3.86. The van der Waals surface area contributed by atoms with Crippen molar-refractivity contribution in [2.45, 2.75) is 18.9 Å². The lowest BCUT2D eigenvalue weighted by molar-refractivity contribution is -0.0618. The molecule has 0 saturated heterocycles. The lowest BCUT2D eigenvalue weighted by Crippen LogP contribution is -2.34. The molecule has 9 heteroatoms. The Morgan fingerprint density at radius 3 is 2.72 bits per heavy atom. The number of ketones is 1. The predicted octanol–water partition coefficient (Wildman–Crippen LogP) is 1.03. The second-order valence-corrected chi connectivity index (χ2v) is 6.53. The maximum absolute atomic E-state index is 14.4. The molecule has 1 aromatic heterocycles. The number of carbonyl (C=O) groups excluding carboxylic acids is 2. The fraction of sp³-hybridized carbons (Fsp3) is 0.300. The van der Waals surface area contributed by atoms with Gasteiger partial charge in [0.15, 0.2) is 5.78 Å². The standard InChI is InChI=1S/C20H20FN3O5/c1-3-11-4-6-15(14(21)8-11)22-19-17(20(28)23-29-12(9-25)10-26)13-5-7-16(27)18(13)24(19)2/h1,4,6,8,12,22,25-26H,5,7,9-10H2,2H3,(H,23,28). The number of hydroxylamine groups is 1. The summed E-state index contributed by atoms with van der Waals surface area (Å²) in [5, 5.41) is 21.0. The number of nitrogens with one attached hydrogen (secondary N) is 2. The molecule has 0 saturated carbocycles. The van der Waals surface area contributed by atoms with E-state index in [0.717, 1.165) is 0 Å². The van der Waals surface area contributed by atoms with Crippen LogP contribution in [0, 0.1) is 18.2 Å². The molecule has 0 unspecified atom stereocenters. The number of aromatic nitrogens is 1. The Hall–Kier alpha value is -3.19. The molecule has 2 aromatic rings. The average Bonchev–Trinajstić information content (AvgIpc) is 3.22. The zero-order chi connectivity index (χ0) is 21.1. The molecule has 0 atom stereocenters. The molecule has 1 aliphatic carbocycles. The summed E-state index contributed by atoms with van der Waals surface area (Å²) in [5.41, 5.74) is 3.62. The topological polar surface area (TPSA) is 113 Å². The van der Waals surface area contributed by atoms with Crippen LogP contribution in [-0.4, -0.2) is 45.8 Å². The number of Topliss-reactive ketones (excluding diaryl/α,β-unsaturated/α-hetero) is 1. The van der Waals surface area contributed by atoms with Crippen LogP contribution >= 0.6 is 0 Å². The van der Waals surface area contributed by atoms with Gasteiger partial charge in [0.1, 0.15) is 17.7 Å². The molecule has 3 rings (SSSR count). The number of hydrogen-bond acceptors (Lipinski definition) is 6. The van der Waals surface area contributed by atoms with Crippen molar-refractivity contribution in [1.29, 1.82) is 0 Å². The van der Waals surface area contributed by atoms with Crippen molar-refractivity contribution in [3.8, 4) is 12.3 Å². The molecule has 0 radical (unpaired) electrons. The number of aliphatic hydroxyl groups is 2. The zero-order valence-corrected chi connectivity index (χ0v) is 15.7. The van der Waals surface area contributed by atoms with Crippen LogP contribution in [0.3, 0.4) is 0 Å². The number of amides is 1. The number of halogens is 1. The minimum absolute atomic E-state index is 0.0780. The van der Waals surface area contributed by atoms with Gasteiger partial charge in [-0.1, -0.05) is 5.92 Å². The normalized spacial score (nSPS) is 12.8. The van der Waals surface area contributed by atoms with E-state index in [0.29, 0.717) is 23.2 Å². The quantitative estimate of drug-likeness (QED) is 0.407. The summed E-state index contributed by atoms with van der Waals surface area (Å²) < 4.78 is 15.9. The van der Waals surface area contributed by atoms with E-state index in [1.807, 2.05) is 0 Å². The zero-order valence-electron chi connectivity index (χ0n) is 15.7. The molecule has 152 valence electrons. The highest BCUT2D eigenvalue weighted by Crippen LogP contribution is 2.35. The first-order chi connectivity index (χ1) is 13.9. The number of aliphatic hydroxyl groups excluding tert-OH is 2. The number of benzene rings is 1. The first-order valence-corrected chi connectivity index (χ1v) is 8.86. The van der Waals surface area contributed by atoms with E-state index < -0.39 is 31.0 Å². The van der Waals surface area contributed by atoms with Crippen LogP contribution in [0.15, 0.2) is 18.2 Å². The van der Waals surface area contributed by atoms with Crippen molar-refractivity contribution >= 4 is 23.2 Å². The first kappa shape index (κ1) is 20.5. The van der Waals surface area contributed by atoms with Crippen LogP contribution in [-0.2, 0) is 18.3 Å². The van der Waals surface area contributed by atoms with Crippen LogP contribution in [0.25, 0.3) is 0 Å². The predicted molar refractivity (Wildman–Crippen MR) is 102 cm³/mol. The van der Waals surface area contributed by atoms with E-state index in [9.17, 15) is 14.0 Å². The van der Waals surface area contributed by atoms with Gasteiger partial charge in [0.2, 0.25) is 0 Å². The number of anilines is 2. The third-order valence-electron chi connectivity index (χ3n) is 4.70. The summed E-state index contributed by atoms with van der Waals surface area (Å²) in [6.45, 7) is -1.000. The monoisotopic (exact) mass is 401 g/mol. The van der Waals surface area contributed by atoms with Crippen molar-refractivity contribution in [3.05, 3.63) is 46.4 Å². The molecule has 0 fully saturated rings. The second-order valence-electron chi connectivity index (χ2n) is 6.53. The molecular weight excluding hydrogens is 381 g/mol. The second kappa shape index (κ2) is 8.45. The van der Waals surface area contributed by atoms with E-state index in [1.165, 1.54) is 16.7 Å². The Bertz CT molecular complexity index is 1000. The summed E-state index contributed by atoms with van der Waals surface area (Å²) in [7, 11) is 1.60. The lowest BCUT2D eigenvalue weighted by Gasteiger charge is -2.15. The van der Waals surface area contributed by atoms with E-state index in [1.54, 1.807) is 13.1 Å². The van der Waals surface area contributed by atoms with Gasteiger partial charge >= 0.3 is 0 Å². The fourth-order valence-corrected chi connectivity index (χ4v) is 3.24. The van der Waals surface area contributed by atoms with Gasteiger partial charge in [0, 0.05) is 19.0 Å². The summed E-state index contributed by atoms with van der Waals surface area (Å²) in [4.78, 5) is 30.0. The number of hydrogen-bond donors (Lipinski definition) is 4. The van der Waals surface area contributed by atoms with Crippen molar-refractivity contribution in [2.24, 2.45) is 7.05 Å². The van der Waals surface area contributed by atoms with Gasteiger partial charge in [-0.25, -0.2) is 9.87 Å². The minimum atomic E-state index is -0.998. The van der Waals surface area contributed by atoms with E-state index in [2.05, 4.69) is 16.7 Å². The minimum Gasteiger partial charge on any atom is -0.393 e. The van der Waals surface area contributed by atoms with Crippen molar-refractivity contribution < 1.29 is 29.0 Å². The van der Waals surface area contributed by atoms with Gasteiger partial charge in [-0.2, -0.15) is 0 Å². The van der Waals surface area contributed by atoms with Gasteiger partial charge < -0.3 is 20.1 Å². The molecule has 1 aromatic carbocycles. The van der Waals surface area contributed by atoms with Crippen LogP contribution in [0.1, 0.15) is 38.4 Å². The Morgan fingerprint density at radius 1 is 1.38 bits per heavy atom. The van der Waals surface area contributed by atoms with Gasteiger partial charge in [-0.05, 0) is 30.2 Å². The van der Waals surface area contributed by atoms with Gasteiger partial charge in [0.05, 0.1) is 30.2 Å². The van der Waals surface area contributed by atoms with Crippen LogP contribution in [0.5, 0.6) is 0 Å². The van der Waals surface area contributed by atoms with Gasteiger partial charge in [-0.3, -0.25) is 14.4 Å². The average molecular weight is 401 g/mol. The molecule has 0 bridgehead atoms. The largest absolute Gasteiger partial charge is 0.393 e. The molecule has 29 heavy (non-hydrogen) atoms. The van der Waals surface area contributed by atoms with Gasteiger partial charge in [0.25, 0.3) is 5.91 Å². The molecular formula is C20H20FN3O5. The summed E-state index contributed by atoms with van der Waals surface area (Å²) in [6.07, 6.45) is 4.90. The number of carbonyl (C=O) groups is 2.